The Labute approximate surface area is 153 Å². The molecule has 0 saturated carbocycles. The van der Waals surface area contributed by atoms with Crippen molar-refractivity contribution in [3.8, 4) is 5.75 Å². The topological polar surface area (TPSA) is 52.6 Å². The molecule has 0 unspecified atom stereocenters. The molecule has 0 aromatic heterocycles. The van der Waals surface area contributed by atoms with Crippen LogP contribution in [0.25, 0.3) is 10.8 Å². The van der Waals surface area contributed by atoms with Crippen LogP contribution >= 0.6 is 0 Å². The molecule has 0 bridgehead atoms. The first-order chi connectivity index (χ1) is 12.5. The molecule has 4 nitrogen and oxygen atoms in total. The van der Waals surface area contributed by atoms with Crippen molar-refractivity contribution < 1.29 is 17.3 Å². The van der Waals surface area contributed by atoms with Crippen molar-refractivity contribution in [3.63, 3.8) is 0 Å². The minimum atomic E-state index is -3.78. The van der Waals surface area contributed by atoms with E-state index in [4.69, 9.17) is 8.92 Å². The monoisotopic (exact) mass is 368 g/mol. The van der Waals surface area contributed by atoms with Crippen LogP contribution in [0.2, 0.25) is 0 Å². The Kier molecular flexibility index (Phi) is 4.42. The maximum Gasteiger partial charge on any atom is 0.297 e. The summed E-state index contributed by atoms with van der Waals surface area (Å²) < 4.78 is 36.1. The van der Waals surface area contributed by atoms with Gasteiger partial charge >= 0.3 is 0 Å². The van der Waals surface area contributed by atoms with E-state index in [1.165, 1.54) is 0 Å². The fraction of sp³-hybridized carbons (Fsp3) is 0.238. The number of aryl methyl sites for hydroxylation is 2. The highest BCUT2D eigenvalue weighted by atomic mass is 32.2. The molecule has 26 heavy (non-hydrogen) atoms. The predicted molar refractivity (Wildman–Crippen MR) is 101 cm³/mol. The summed E-state index contributed by atoms with van der Waals surface area (Å²) in [6, 6.07) is 18.9. The van der Waals surface area contributed by atoms with Crippen molar-refractivity contribution in [2.24, 2.45) is 0 Å². The zero-order valence-electron chi connectivity index (χ0n) is 14.5. The molecule has 1 atom stereocenters. The van der Waals surface area contributed by atoms with Crippen molar-refractivity contribution >= 4 is 20.9 Å². The second-order valence-corrected chi connectivity index (χ2v) is 8.22. The molecule has 1 aliphatic rings. The van der Waals surface area contributed by atoms with Gasteiger partial charge in [-0.2, -0.15) is 8.42 Å². The van der Waals surface area contributed by atoms with Crippen LogP contribution in [-0.4, -0.2) is 21.1 Å². The molecule has 4 rings (SSSR count). The van der Waals surface area contributed by atoms with Gasteiger partial charge in [0.15, 0.2) is 0 Å². The molecule has 0 saturated heterocycles. The van der Waals surface area contributed by atoms with Gasteiger partial charge in [0.1, 0.15) is 18.5 Å². The van der Waals surface area contributed by atoms with Gasteiger partial charge in [-0.15, -0.1) is 0 Å². The molecule has 1 heterocycles. The lowest BCUT2D eigenvalue weighted by atomic mass is 9.98. The van der Waals surface area contributed by atoms with E-state index >= 15 is 0 Å². The first-order valence-corrected chi connectivity index (χ1v) is 10.1. The summed E-state index contributed by atoms with van der Waals surface area (Å²) in [6.07, 6.45) is 1.29. The van der Waals surface area contributed by atoms with Crippen LogP contribution in [0, 0.1) is 6.92 Å². The second-order valence-electron chi connectivity index (χ2n) is 6.61. The van der Waals surface area contributed by atoms with Crippen LogP contribution in [0.15, 0.2) is 65.6 Å². The van der Waals surface area contributed by atoms with E-state index in [9.17, 15) is 8.42 Å². The lowest BCUT2D eigenvalue weighted by molar-refractivity contribution is 0.114. The fourth-order valence-corrected chi connectivity index (χ4v) is 4.16. The van der Waals surface area contributed by atoms with E-state index in [2.05, 4.69) is 12.1 Å². The summed E-state index contributed by atoms with van der Waals surface area (Å²) in [6.45, 7) is 1.92. The first-order valence-electron chi connectivity index (χ1n) is 8.66. The van der Waals surface area contributed by atoms with Crippen LogP contribution in [0.4, 0.5) is 0 Å². The second kappa shape index (κ2) is 6.74. The molecule has 0 fully saturated rings. The third-order valence-corrected chi connectivity index (χ3v) is 6.00. The maximum absolute atomic E-state index is 12.4. The molecule has 3 aromatic carbocycles. The number of benzene rings is 3. The summed E-state index contributed by atoms with van der Waals surface area (Å²) >= 11 is 0. The van der Waals surface area contributed by atoms with E-state index in [0.29, 0.717) is 0 Å². The smallest absolute Gasteiger partial charge is 0.297 e. The average molecular weight is 368 g/mol. The van der Waals surface area contributed by atoms with Crippen LogP contribution in [0.3, 0.4) is 0 Å². The number of rotatable bonds is 4. The van der Waals surface area contributed by atoms with E-state index in [0.717, 1.165) is 40.5 Å². The summed E-state index contributed by atoms with van der Waals surface area (Å²) in [5.74, 6) is 0.843. The number of ether oxygens (including phenoxy) is 1. The van der Waals surface area contributed by atoms with Gasteiger partial charge in [0.05, 0.1) is 4.90 Å². The van der Waals surface area contributed by atoms with Crippen molar-refractivity contribution in [3.05, 3.63) is 71.8 Å². The molecule has 134 valence electrons. The molecule has 1 aliphatic heterocycles. The Hall–Kier alpha value is -2.37. The Morgan fingerprint density at radius 2 is 1.81 bits per heavy atom. The van der Waals surface area contributed by atoms with Crippen molar-refractivity contribution in [2.45, 2.75) is 30.8 Å². The molecule has 5 heteroatoms. The van der Waals surface area contributed by atoms with Gasteiger partial charge in [0.25, 0.3) is 10.1 Å². The third kappa shape index (κ3) is 3.32. The lowest BCUT2D eigenvalue weighted by Gasteiger charge is -2.27. The van der Waals surface area contributed by atoms with Gasteiger partial charge in [-0.3, -0.25) is 4.18 Å². The highest BCUT2D eigenvalue weighted by Crippen LogP contribution is 2.35. The van der Waals surface area contributed by atoms with Gasteiger partial charge in [0.2, 0.25) is 0 Å². The minimum Gasteiger partial charge on any atom is -0.487 e. The van der Waals surface area contributed by atoms with Crippen molar-refractivity contribution in [1.29, 1.82) is 0 Å². The van der Waals surface area contributed by atoms with Crippen LogP contribution in [-0.2, 0) is 20.7 Å². The third-order valence-electron chi connectivity index (χ3n) is 4.70. The Morgan fingerprint density at radius 3 is 2.62 bits per heavy atom. The zero-order chi connectivity index (χ0) is 18.1. The molecule has 0 aliphatic carbocycles. The highest BCUT2D eigenvalue weighted by molar-refractivity contribution is 7.86. The van der Waals surface area contributed by atoms with Gasteiger partial charge in [-0.1, -0.05) is 54.1 Å². The average Bonchev–Trinajstić information content (AvgIpc) is 2.66. The lowest BCUT2D eigenvalue weighted by Crippen LogP contribution is -2.29. The van der Waals surface area contributed by atoms with Crippen LogP contribution in [0.5, 0.6) is 5.75 Å². The van der Waals surface area contributed by atoms with Gasteiger partial charge in [-0.25, -0.2) is 0 Å². The van der Waals surface area contributed by atoms with Crippen LogP contribution < -0.4 is 4.74 Å². The minimum absolute atomic E-state index is 0.0128. The highest BCUT2D eigenvalue weighted by Gasteiger charge is 2.24. The zero-order valence-corrected chi connectivity index (χ0v) is 15.3. The number of fused-ring (bicyclic) bond motifs is 3. The summed E-state index contributed by atoms with van der Waals surface area (Å²) in [5.41, 5.74) is 2.16. The molecule has 0 N–H and O–H groups in total. The summed E-state index contributed by atoms with van der Waals surface area (Å²) in [7, 11) is -3.78. The van der Waals surface area contributed by atoms with Gasteiger partial charge in [0, 0.05) is 5.39 Å². The Morgan fingerprint density at radius 1 is 1.04 bits per heavy atom. The Balaban J connectivity index is 1.51. The molecular weight excluding hydrogens is 348 g/mol. The van der Waals surface area contributed by atoms with Crippen molar-refractivity contribution in [2.75, 3.05) is 6.61 Å². The maximum atomic E-state index is 12.4. The van der Waals surface area contributed by atoms with E-state index < -0.39 is 10.1 Å². The van der Waals surface area contributed by atoms with E-state index in [-0.39, 0.29) is 17.6 Å². The summed E-state index contributed by atoms with van der Waals surface area (Å²) in [5, 5.41) is 2.16. The predicted octanol–water partition coefficient (Wildman–Crippen LogP) is 4.25. The Bertz CT molecular complexity index is 1040. The largest absolute Gasteiger partial charge is 0.487 e. The SMILES string of the molecule is Cc1ccc(S(=O)(=O)OC[C@H]2CCc3ccc4ccccc4c3O2)cc1. The molecule has 0 amide bonds. The number of hydrogen-bond acceptors (Lipinski definition) is 4. The fourth-order valence-electron chi connectivity index (χ4n) is 3.22. The number of hydrogen-bond donors (Lipinski definition) is 0. The molecule has 0 radical (unpaired) electrons. The first kappa shape index (κ1) is 17.1. The van der Waals surface area contributed by atoms with Gasteiger partial charge < -0.3 is 4.74 Å². The van der Waals surface area contributed by atoms with Crippen LogP contribution in [0.1, 0.15) is 17.5 Å². The van der Waals surface area contributed by atoms with E-state index in [1.807, 2.05) is 31.2 Å². The van der Waals surface area contributed by atoms with Gasteiger partial charge in [-0.05, 0) is 42.8 Å². The molecule has 0 spiro atoms. The van der Waals surface area contributed by atoms with Crippen molar-refractivity contribution in [1.82, 2.24) is 0 Å². The summed E-state index contributed by atoms with van der Waals surface area (Å²) in [4.78, 5) is 0.171. The quantitative estimate of drug-likeness (QED) is 0.646. The molecule has 3 aromatic rings. The standard InChI is InChI=1S/C21H20O4S/c1-15-6-12-19(13-7-15)26(22,23)24-14-18-11-10-17-9-8-16-4-2-3-5-20(16)21(17)25-18/h2-9,12-13,18H,10-11,14H2,1H3/t18-/m1/s1. The normalized spacial score (nSPS) is 16.9. The molecular formula is C21H20O4S. The van der Waals surface area contributed by atoms with E-state index in [1.54, 1.807) is 24.3 Å².